The zero-order valence-corrected chi connectivity index (χ0v) is 14.0. The van der Waals surface area contributed by atoms with Crippen molar-refractivity contribution in [1.29, 1.82) is 0 Å². The van der Waals surface area contributed by atoms with Gasteiger partial charge in [-0.1, -0.05) is 0 Å². The summed E-state index contributed by atoms with van der Waals surface area (Å²) in [6, 6.07) is -0.188. The van der Waals surface area contributed by atoms with Crippen molar-refractivity contribution in [1.82, 2.24) is 19.4 Å². The summed E-state index contributed by atoms with van der Waals surface area (Å²) in [4.78, 5) is 20.9. The van der Waals surface area contributed by atoms with Gasteiger partial charge in [0.05, 0.1) is 13.2 Å². The molecule has 0 unspecified atom stereocenters. The minimum atomic E-state index is -0.188. The second-order valence-electron chi connectivity index (χ2n) is 5.98. The summed E-state index contributed by atoms with van der Waals surface area (Å²) in [6.07, 6.45) is 5.76. The standard InChI is InChI=1S/C16H28N4O2/c1-14(20-9-6-17-15(20)2)16(21)18(3)7-4-5-8-19-10-12-22-13-11-19/h6,9,14H,4-5,7-8,10-13H2,1-3H3/t14-/m1/s1. The van der Waals surface area contributed by atoms with E-state index < -0.39 is 0 Å². The minimum Gasteiger partial charge on any atom is -0.379 e. The molecule has 1 atom stereocenters. The summed E-state index contributed by atoms with van der Waals surface area (Å²) < 4.78 is 7.27. The van der Waals surface area contributed by atoms with Crippen LogP contribution in [0.3, 0.4) is 0 Å². The molecule has 1 aliphatic heterocycles. The lowest BCUT2D eigenvalue weighted by Crippen LogP contribution is -2.37. The van der Waals surface area contributed by atoms with Crippen LogP contribution in [0.1, 0.15) is 31.6 Å². The first-order valence-electron chi connectivity index (χ1n) is 8.14. The van der Waals surface area contributed by atoms with Crippen molar-refractivity contribution in [3.63, 3.8) is 0 Å². The molecule has 124 valence electrons. The molecule has 1 saturated heterocycles. The average Bonchev–Trinajstić information content (AvgIpc) is 2.97. The van der Waals surface area contributed by atoms with Gasteiger partial charge in [0.15, 0.2) is 0 Å². The quantitative estimate of drug-likeness (QED) is 0.713. The first-order chi connectivity index (χ1) is 10.6. The number of likely N-dealkylation sites (N-methyl/N-ethyl adjacent to an activating group) is 1. The SMILES string of the molecule is Cc1nccn1[C@H](C)C(=O)N(C)CCCCN1CCOCC1. The highest BCUT2D eigenvalue weighted by Gasteiger charge is 2.19. The Kier molecular flexibility index (Phi) is 6.39. The smallest absolute Gasteiger partial charge is 0.245 e. The number of imidazole rings is 1. The number of hydrogen-bond acceptors (Lipinski definition) is 4. The highest BCUT2D eigenvalue weighted by Crippen LogP contribution is 2.12. The van der Waals surface area contributed by atoms with E-state index in [1.807, 2.05) is 36.6 Å². The van der Waals surface area contributed by atoms with Gasteiger partial charge in [0.2, 0.25) is 5.91 Å². The fourth-order valence-corrected chi connectivity index (χ4v) is 2.85. The van der Waals surface area contributed by atoms with Crippen LogP contribution in [0.25, 0.3) is 0 Å². The number of aromatic nitrogens is 2. The minimum absolute atomic E-state index is 0.146. The number of rotatable bonds is 7. The summed E-state index contributed by atoms with van der Waals surface area (Å²) in [5.74, 6) is 1.02. The first-order valence-corrected chi connectivity index (χ1v) is 8.14. The van der Waals surface area contributed by atoms with Crippen molar-refractivity contribution in [2.24, 2.45) is 0 Å². The number of morpholine rings is 1. The van der Waals surface area contributed by atoms with Crippen LogP contribution in [0.2, 0.25) is 0 Å². The Morgan fingerprint density at radius 1 is 1.41 bits per heavy atom. The number of carbonyl (C=O) groups excluding carboxylic acids is 1. The topological polar surface area (TPSA) is 50.6 Å². The molecular formula is C16H28N4O2. The van der Waals surface area contributed by atoms with Crippen molar-refractivity contribution in [3.8, 4) is 0 Å². The third-order valence-electron chi connectivity index (χ3n) is 4.33. The highest BCUT2D eigenvalue weighted by molar-refractivity contribution is 5.79. The van der Waals surface area contributed by atoms with Crippen LogP contribution in [0, 0.1) is 6.92 Å². The molecule has 1 aromatic rings. The molecule has 0 aliphatic carbocycles. The molecule has 2 rings (SSSR count). The lowest BCUT2D eigenvalue weighted by molar-refractivity contribution is -0.133. The molecule has 0 saturated carbocycles. The second kappa shape index (κ2) is 8.29. The van der Waals surface area contributed by atoms with Crippen molar-refractivity contribution in [3.05, 3.63) is 18.2 Å². The molecule has 6 nitrogen and oxygen atoms in total. The Hall–Kier alpha value is -1.40. The van der Waals surface area contributed by atoms with Crippen molar-refractivity contribution < 1.29 is 9.53 Å². The zero-order valence-electron chi connectivity index (χ0n) is 14.0. The maximum absolute atomic E-state index is 12.4. The molecule has 0 N–H and O–H groups in total. The summed E-state index contributed by atoms with van der Waals surface area (Å²) in [5.41, 5.74) is 0. The average molecular weight is 308 g/mol. The molecule has 1 aromatic heterocycles. The molecule has 0 bridgehead atoms. The number of aryl methyl sites for hydroxylation is 1. The van der Waals surface area contributed by atoms with Crippen LogP contribution in [-0.2, 0) is 9.53 Å². The predicted octanol–water partition coefficient (Wildman–Crippen LogP) is 1.32. The molecular weight excluding hydrogens is 280 g/mol. The fourth-order valence-electron chi connectivity index (χ4n) is 2.85. The molecule has 0 aromatic carbocycles. The lowest BCUT2D eigenvalue weighted by atomic mass is 10.2. The van der Waals surface area contributed by atoms with Gasteiger partial charge in [-0.2, -0.15) is 0 Å². The van der Waals surface area contributed by atoms with Crippen LogP contribution in [-0.4, -0.2) is 71.7 Å². The number of ether oxygens (including phenoxy) is 1. The van der Waals surface area contributed by atoms with Crippen molar-refractivity contribution in [2.75, 3.05) is 46.4 Å². The summed E-state index contributed by atoms with van der Waals surface area (Å²) >= 11 is 0. The summed E-state index contributed by atoms with van der Waals surface area (Å²) in [5, 5.41) is 0. The number of amides is 1. The fraction of sp³-hybridized carbons (Fsp3) is 0.750. The van der Waals surface area contributed by atoms with E-state index in [2.05, 4.69) is 9.88 Å². The van der Waals surface area contributed by atoms with E-state index in [1.54, 1.807) is 6.20 Å². The van der Waals surface area contributed by atoms with Crippen LogP contribution < -0.4 is 0 Å². The maximum atomic E-state index is 12.4. The lowest BCUT2D eigenvalue weighted by Gasteiger charge is -2.27. The molecule has 1 fully saturated rings. The molecule has 6 heteroatoms. The van der Waals surface area contributed by atoms with Crippen molar-refractivity contribution >= 4 is 5.91 Å². The van der Waals surface area contributed by atoms with Crippen LogP contribution >= 0.6 is 0 Å². The van der Waals surface area contributed by atoms with Gasteiger partial charge in [-0.3, -0.25) is 9.69 Å². The van der Waals surface area contributed by atoms with Gasteiger partial charge in [0.25, 0.3) is 0 Å². The van der Waals surface area contributed by atoms with Gasteiger partial charge in [0.1, 0.15) is 11.9 Å². The Balaban J connectivity index is 1.69. The normalized spacial score (nSPS) is 17.4. The first kappa shape index (κ1) is 17.0. The van der Waals surface area contributed by atoms with Gasteiger partial charge in [-0.15, -0.1) is 0 Å². The third-order valence-corrected chi connectivity index (χ3v) is 4.33. The molecule has 2 heterocycles. The Bertz CT molecular complexity index is 468. The summed E-state index contributed by atoms with van der Waals surface area (Å²) in [7, 11) is 1.89. The van der Waals surface area contributed by atoms with Gasteiger partial charge in [-0.05, 0) is 33.2 Å². The molecule has 1 aliphatic rings. The van der Waals surface area contributed by atoms with Crippen LogP contribution in [0.4, 0.5) is 0 Å². The van der Waals surface area contributed by atoms with Gasteiger partial charge in [-0.25, -0.2) is 4.98 Å². The predicted molar refractivity (Wildman–Crippen MR) is 85.8 cm³/mol. The Morgan fingerprint density at radius 2 is 2.14 bits per heavy atom. The third kappa shape index (κ3) is 4.55. The second-order valence-corrected chi connectivity index (χ2v) is 5.98. The number of nitrogens with zero attached hydrogens (tertiary/aromatic N) is 4. The van der Waals surface area contributed by atoms with E-state index in [-0.39, 0.29) is 11.9 Å². The van der Waals surface area contributed by atoms with E-state index in [1.165, 1.54) is 0 Å². The zero-order chi connectivity index (χ0) is 15.9. The number of unbranched alkanes of at least 4 members (excludes halogenated alkanes) is 1. The largest absolute Gasteiger partial charge is 0.379 e. The maximum Gasteiger partial charge on any atom is 0.245 e. The molecule has 0 radical (unpaired) electrons. The van der Waals surface area contributed by atoms with Crippen molar-refractivity contribution in [2.45, 2.75) is 32.7 Å². The molecule has 0 spiro atoms. The van der Waals surface area contributed by atoms with E-state index in [4.69, 9.17) is 4.74 Å². The van der Waals surface area contributed by atoms with E-state index >= 15 is 0 Å². The number of hydrogen-bond donors (Lipinski definition) is 0. The summed E-state index contributed by atoms with van der Waals surface area (Å²) in [6.45, 7) is 9.52. The monoisotopic (exact) mass is 308 g/mol. The number of carbonyl (C=O) groups is 1. The van der Waals surface area contributed by atoms with E-state index in [0.29, 0.717) is 0 Å². The van der Waals surface area contributed by atoms with Crippen LogP contribution in [0.15, 0.2) is 12.4 Å². The molecule has 1 amide bonds. The Morgan fingerprint density at radius 3 is 2.77 bits per heavy atom. The van der Waals surface area contributed by atoms with E-state index in [9.17, 15) is 4.79 Å². The Labute approximate surface area is 133 Å². The highest BCUT2D eigenvalue weighted by atomic mass is 16.5. The van der Waals surface area contributed by atoms with Gasteiger partial charge < -0.3 is 14.2 Å². The van der Waals surface area contributed by atoms with Gasteiger partial charge in [0, 0.05) is 39.1 Å². The van der Waals surface area contributed by atoms with Crippen LogP contribution in [0.5, 0.6) is 0 Å². The van der Waals surface area contributed by atoms with Gasteiger partial charge >= 0.3 is 0 Å². The molecule has 22 heavy (non-hydrogen) atoms. The van der Waals surface area contributed by atoms with E-state index in [0.717, 1.165) is 58.1 Å².